The summed E-state index contributed by atoms with van der Waals surface area (Å²) in [5.74, 6) is -1.09. The molecule has 1 unspecified atom stereocenters. The molecule has 1 aromatic heterocycles. The summed E-state index contributed by atoms with van der Waals surface area (Å²) < 4.78 is 23.8. The largest absolute Gasteiger partial charge is 0.481 e. The van der Waals surface area contributed by atoms with Gasteiger partial charge in [0.1, 0.15) is 4.60 Å². The van der Waals surface area contributed by atoms with Gasteiger partial charge in [-0.3, -0.25) is 4.79 Å². The lowest BCUT2D eigenvalue weighted by Gasteiger charge is -2.34. The predicted octanol–water partition coefficient (Wildman–Crippen LogP) is 0.984. The van der Waals surface area contributed by atoms with Gasteiger partial charge in [-0.2, -0.15) is 0 Å². The first-order chi connectivity index (χ1) is 8.37. The summed E-state index contributed by atoms with van der Waals surface area (Å²) in [6.45, 7) is 0.292. The average molecular weight is 355 g/mol. The van der Waals surface area contributed by atoms with Crippen molar-refractivity contribution in [2.24, 2.45) is 0 Å². The molecule has 1 fully saturated rings. The van der Waals surface area contributed by atoms with Crippen LogP contribution >= 0.6 is 27.3 Å². The highest BCUT2D eigenvalue weighted by molar-refractivity contribution is 9.10. The second kappa shape index (κ2) is 5.14. The van der Waals surface area contributed by atoms with Gasteiger partial charge in [-0.15, -0.1) is 11.3 Å². The van der Waals surface area contributed by atoms with Crippen molar-refractivity contribution in [2.45, 2.75) is 12.5 Å². The summed E-state index contributed by atoms with van der Waals surface area (Å²) in [5, 5.41) is 11.3. The van der Waals surface area contributed by atoms with Crippen molar-refractivity contribution in [3.63, 3.8) is 0 Å². The average Bonchev–Trinajstić information content (AvgIpc) is 2.62. The van der Waals surface area contributed by atoms with Crippen molar-refractivity contribution in [3.05, 3.63) is 9.98 Å². The molecule has 2 rings (SSSR count). The SMILES string of the molecule is O=C(O)CC1CS(=O)(=O)CCN1c1nc(Br)cs1. The van der Waals surface area contributed by atoms with Crippen LogP contribution in [0.25, 0.3) is 0 Å². The van der Waals surface area contributed by atoms with E-state index < -0.39 is 21.8 Å². The minimum atomic E-state index is -3.15. The van der Waals surface area contributed by atoms with Crippen LogP contribution in [0.3, 0.4) is 0 Å². The fraction of sp³-hybridized carbons (Fsp3) is 0.556. The monoisotopic (exact) mass is 354 g/mol. The van der Waals surface area contributed by atoms with Gasteiger partial charge in [0.05, 0.1) is 24.0 Å². The van der Waals surface area contributed by atoms with Crippen LogP contribution in [0, 0.1) is 0 Å². The maximum Gasteiger partial charge on any atom is 0.305 e. The Balaban J connectivity index is 2.24. The third-order valence-corrected chi connectivity index (χ3v) is 5.93. The highest BCUT2D eigenvalue weighted by atomic mass is 79.9. The van der Waals surface area contributed by atoms with Crippen molar-refractivity contribution in [3.8, 4) is 0 Å². The summed E-state index contributed by atoms with van der Waals surface area (Å²) in [4.78, 5) is 16.8. The number of hydrogen-bond acceptors (Lipinski definition) is 6. The molecule has 2 heterocycles. The standard InChI is InChI=1S/C9H11BrN2O4S2/c10-7-4-17-9(11-7)12-1-2-18(15,16)5-6(12)3-8(13)14/h4,6H,1-3,5H2,(H,13,14). The number of halogens is 1. The number of rotatable bonds is 3. The first-order valence-corrected chi connectivity index (χ1v) is 8.67. The van der Waals surface area contributed by atoms with Crippen LogP contribution in [0.4, 0.5) is 5.13 Å². The third-order valence-electron chi connectivity index (χ3n) is 2.65. The lowest BCUT2D eigenvalue weighted by Crippen LogP contribution is -2.49. The van der Waals surface area contributed by atoms with E-state index in [0.29, 0.717) is 16.3 Å². The van der Waals surface area contributed by atoms with Crippen LogP contribution in [-0.4, -0.2) is 48.6 Å². The number of carboxylic acid groups (broad SMARTS) is 1. The van der Waals surface area contributed by atoms with E-state index in [9.17, 15) is 13.2 Å². The van der Waals surface area contributed by atoms with Crippen LogP contribution < -0.4 is 4.90 Å². The van der Waals surface area contributed by atoms with E-state index in [4.69, 9.17) is 5.11 Å². The van der Waals surface area contributed by atoms with Gasteiger partial charge in [0.2, 0.25) is 0 Å². The number of carboxylic acids is 1. The van der Waals surface area contributed by atoms with Crippen molar-refractivity contribution in [2.75, 3.05) is 23.0 Å². The molecule has 9 heteroatoms. The highest BCUT2D eigenvalue weighted by Crippen LogP contribution is 2.28. The van der Waals surface area contributed by atoms with Crippen LogP contribution in [-0.2, 0) is 14.6 Å². The van der Waals surface area contributed by atoms with Gasteiger partial charge in [-0.25, -0.2) is 13.4 Å². The van der Waals surface area contributed by atoms with Crippen LogP contribution in [0.1, 0.15) is 6.42 Å². The fourth-order valence-corrected chi connectivity index (χ4v) is 4.76. The van der Waals surface area contributed by atoms with Crippen LogP contribution in [0.2, 0.25) is 0 Å². The number of hydrogen-bond donors (Lipinski definition) is 1. The molecule has 0 saturated carbocycles. The summed E-state index contributed by atoms with van der Waals surface area (Å²) in [6, 6.07) is -0.542. The normalized spacial score (nSPS) is 22.9. The molecule has 6 nitrogen and oxygen atoms in total. The van der Waals surface area contributed by atoms with E-state index >= 15 is 0 Å². The summed E-state index contributed by atoms with van der Waals surface area (Å²) in [7, 11) is -3.15. The lowest BCUT2D eigenvalue weighted by molar-refractivity contribution is -0.137. The Kier molecular flexibility index (Phi) is 3.93. The van der Waals surface area contributed by atoms with E-state index in [1.54, 1.807) is 10.3 Å². The van der Waals surface area contributed by atoms with E-state index in [0.717, 1.165) is 0 Å². The maximum absolute atomic E-state index is 11.6. The first-order valence-electron chi connectivity index (χ1n) is 5.17. The number of thiazole rings is 1. The number of nitrogens with zero attached hydrogens (tertiary/aromatic N) is 2. The van der Waals surface area contributed by atoms with Gasteiger partial charge < -0.3 is 10.0 Å². The molecule has 0 aromatic carbocycles. The molecule has 1 aromatic rings. The maximum atomic E-state index is 11.6. The molecule has 100 valence electrons. The Morgan fingerprint density at radius 2 is 2.39 bits per heavy atom. The Morgan fingerprint density at radius 1 is 1.67 bits per heavy atom. The molecule has 0 bridgehead atoms. The molecule has 0 amide bonds. The summed E-state index contributed by atoms with van der Waals surface area (Å²) >= 11 is 4.60. The highest BCUT2D eigenvalue weighted by Gasteiger charge is 2.34. The van der Waals surface area contributed by atoms with Gasteiger partial charge in [0, 0.05) is 11.9 Å². The second-order valence-corrected chi connectivity index (χ2v) is 7.89. The van der Waals surface area contributed by atoms with Crippen LogP contribution in [0.5, 0.6) is 0 Å². The predicted molar refractivity (Wildman–Crippen MR) is 71.9 cm³/mol. The Bertz CT molecular complexity index is 557. The number of aliphatic carboxylic acids is 1. The summed E-state index contributed by atoms with van der Waals surface area (Å²) in [6.07, 6.45) is -0.198. The van der Waals surface area contributed by atoms with Gasteiger partial charge in [-0.1, -0.05) is 0 Å². The van der Waals surface area contributed by atoms with E-state index in [1.165, 1.54) is 11.3 Å². The zero-order valence-electron chi connectivity index (χ0n) is 9.24. The zero-order valence-corrected chi connectivity index (χ0v) is 12.5. The molecule has 1 atom stereocenters. The molecule has 0 radical (unpaired) electrons. The van der Waals surface area contributed by atoms with Gasteiger partial charge in [0.25, 0.3) is 0 Å². The minimum Gasteiger partial charge on any atom is -0.481 e. The van der Waals surface area contributed by atoms with Gasteiger partial charge >= 0.3 is 5.97 Å². The lowest BCUT2D eigenvalue weighted by atomic mass is 10.2. The number of carbonyl (C=O) groups is 1. The molecule has 18 heavy (non-hydrogen) atoms. The molecule has 1 saturated heterocycles. The Labute approximate surface area is 117 Å². The number of aromatic nitrogens is 1. The summed E-state index contributed by atoms with van der Waals surface area (Å²) in [5.41, 5.74) is 0. The number of sulfone groups is 1. The fourth-order valence-electron chi connectivity index (χ4n) is 1.89. The van der Waals surface area contributed by atoms with E-state index in [-0.39, 0.29) is 17.9 Å². The zero-order chi connectivity index (χ0) is 13.3. The van der Waals surface area contributed by atoms with Crippen molar-refractivity contribution >= 4 is 48.2 Å². The molecular weight excluding hydrogens is 344 g/mol. The molecule has 1 N–H and O–H groups in total. The Hall–Kier alpha value is -0.670. The number of anilines is 1. The van der Waals surface area contributed by atoms with Crippen molar-refractivity contribution < 1.29 is 18.3 Å². The third kappa shape index (κ3) is 3.21. The molecular formula is C9H11BrN2O4S2. The first kappa shape index (κ1) is 13.8. The van der Waals surface area contributed by atoms with Crippen molar-refractivity contribution in [1.29, 1.82) is 0 Å². The van der Waals surface area contributed by atoms with E-state index in [1.807, 2.05) is 0 Å². The minimum absolute atomic E-state index is 0.0420. The topological polar surface area (TPSA) is 87.6 Å². The van der Waals surface area contributed by atoms with Crippen LogP contribution in [0.15, 0.2) is 9.98 Å². The molecule has 0 spiro atoms. The molecule has 1 aliphatic heterocycles. The van der Waals surface area contributed by atoms with Gasteiger partial charge in [-0.05, 0) is 15.9 Å². The van der Waals surface area contributed by atoms with E-state index in [2.05, 4.69) is 20.9 Å². The molecule has 1 aliphatic rings. The smallest absolute Gasteiger partial charge is 0.305 e. The molecule has 0 aliphatic carbocycles. The second-order valence-electron chi connectivity index (χ2n) is 4.01. The van der Waals surface area contributed by atoms with Crippen molar-refractivity contribution in [1.82, 2.24) is 4.98 Å². The quantitative estimate of drug-likeness (QED) is 0.870. The van der Waals surface area contributed by atoms with Gasteiger partial charge in [0.15, 0.2) is 15.0 Å². The Morgan fingerprint density at radius 3 is 2.94 bits per heavy atom.